The van der Waals surface area contributed by atoms with Crippen molar-refractivity contribution in [2.75, 3.05) is 5.43 Å². The molecule has 0 unspecified atom stereocenters. The smallest absolute Gasteiger partial charge is 0.164 e. The molecule has 2 heterocycles. The van der Waals surface area contributed by atoms with Crippen LogP contribution in [0.1, 0.15) is 11.1 Å². The van der Waals surface area contributed by atoms with Crippen molar-refractivity contribution in [1.82, 2.24) is 15.0 Å². The molecule has 0 saturated carbocycles. The molecule has 0 fully saturated rings. The highest BCUT2D eigenvalue weighted by Crippen LogP contribution is 2.35. The molecule has 7 heteroatoms. The summed E-state index contributed by atoms with van der Waals surface area (Å²) in [5.41, 5.74) is 13.1. The highest BCUT2D eigenvalue weighted by Gasteiger charge is 2.21. The SMILES string of the molecule is N=C1/C(=N\Nc2ccccc2)C=Cc2ccc3cc(-c4nc(-c5cccc(-c6ccccc6)c5)nc(-c5ccc6oc7ccccc7c6c5)n4)ccc3c21. The first kappa shape index (κ1) is 31.2. The number of hydrogen-bond donors (Lipinski definition) is 2. The van der Waals surface area contributed by atoms with Gasteiger partial charge in [0.1, 0.15) is 16.9 Å². The van der Waals surface area contributed by atoms with Crippen LogP contribution in [0, 0.1) is 5.41 Å². The van der Waals surface area contributed by atoms with Crippen LogP contribution in [0.15, 0.2) is 173 Å². The molecule has 0 radical (unpaired) electrons. The molecule has 1 aliphatic carbocycles. The summed E-state index contributed by atoms with van der Waals surface area (Å²) >= 11 is 0. The Bertz CT molecular complexity index is 2980. The van der Waals surface area contributed by atoms with Crippen molar-refractivity contribution in [2.45, 2.75) is 0 Å². The predicted molar refractivity (Wildman–Crippen MR) is 220 cm³/mol. The lowest BCUT2D eigenvalue weighted by Gasteiger charge is -2.17. The molecule has 9 aromatic rings. The number of furan rings is 1. The van der Waals surface area contributed by atoms with E-state index < -0.39 is 0 Å². The van der Waals surface area contributed by atoms with Gasteiger partial charge >= 0.3 is 0 Å². The van der Waals surface area contributed by atoms with Gasteiger partial charge < -0.3 is 4.42 Å². The minimum Gasteiger partial charge on any atom is -0.456 e. The van der Waals surface area contributed by atoms with Crippen molar-refractivity contribution in [3.63, 3.8) is 0 Å². The van der Waals surface area contributed by atoms with Gasteiger partial charge in [0.15, 0.2) is 17.5 Å². The summed E-state index contributed by atoms with van der Waals surface area (Å²) < 4.78 is 6.13. The summed E-state index contributed by atoms with van der Waals surface area (Å²) in [4.78, 5) is 15.3. The number of aromatic nitrogens is 3. The van der Waals surface area contributed by atoms with Gasteiger partial charge in [-0.25, -0.2) is 15.0 Å². The summed E-state index contributed by atoms with van der Waals surface area (Å²) in [5.74, 6) is 1.70. The van der Waals surface area contributed by atoms with Gasteiger partial charge in [-0.15, -0.1) is 0 Å². The van der Waals surface area contributed by atoms with E-state index in [4.69, 9.17) is 24.8 Å². The second kappa shape index (κ2) is 12.9. The van der Waals surface area contributed by atoms with E-state index in [-0.39, 0.29) is 0 Å². The Morgan fingerprint density at radius 2 is 1.13 bits per heavy atom. The lowest BCUT2D eigenvalue weighted by atomic mass is 9.89. The normalized spacial score (nSPS) is 13.2. The third-order valence-electron chi connectivity index (χ3n) is 9.81. The molecule has 2 aromatic heterocycles. The molecule has 0 saturated heterocycles. The number of nitrogens with zero attached hydrogens (tertiary/aromatic N) is 4. The Hall–Kier alpha value is -7.51. The lowest BCUT2D eigenvalue weighted by molar-refractivity contribution is 0.669. The highest BCUT2D eigenvalue weighted by atomic mass is 16.3. The van der Waals surface area contributed by atoms with E-state index in [1.165, 1.54) is 0 Å². The second-order valence-electron chi connectivity index (χ2n) is 13.2. The third-order valence-corrected chi connectivity index (χ3v) is 9.81. The average Bonchev–Trinajstić information content (AvgIpc) is 3.62. The fourth-order valence-corrected chi connectivity index (χ4v) is 7.11. The van der Waals surface area contributed by atoms with Gasteiger partial charge in [0.2, 0.25) is 0 Å². The maximum absolute atomic E-state index is 9.15. The van der Waals surface area contributed by atoms with Gasteiger partial charge in [0, 0.05) is 33.0 Å². The largest absolute Gasteiger partial charge is 0.456 e. The molecule has 0 amide bonds. The molecule has 1 aliphatic rings. The summed E-state index contributed by atoms with van der Waals surface area (Å²) in [7, 11) is 0. The molecule has 0 aliphatic heterocycles. The van der Waals surface area contributed by atoms with Crippen molar-refractivity contribution >= 4 is 55.9 Å². The van der Waals surface area contributed by atoms with E-state index >= 15 is 0 Å². The van der Waals surface area contributed by atoms with Gasteiger partial charge in [-0.3, -0.25) is 10.8 Å². The van der Waals surface area contributed by atoms with E-state index in [0.29, 0.717) is 28.9 Å². The van der Waals surface area contributed by atoms with Gasteiger partial charge in [-0.1, -0.05) is 115 Å². The number of rotatable bonds is 6. The fourth-order valence-electron chi connectivity index (χ4n) is 7.11. The molecule has 254 valence electrons. The van der Waals surface area contributed by atoms with Crippen LogP contribution in [0.5, 0.6) is 0 Å². The van der Waals surface area contributed by atoms with E-state index in [2.05, 4.69) is 71.2 Å². The first-order valence-electron chi connectivity index (χ1n) is 17.7. The number of hydrazone groups is 1. The van der Waals surface area contributed by atoms with Crippen LogP contribution < -0.4 is 5.43 Å². The molecule has 54 heavy (non-hydrogen) atoms. The van der Waals surface area contributed by atoms with Crippen LogP contribution in [0.2, 0.25) is 0 Å². The van der Waals surface area contributed by atoms with Crippen LogP contribution in [-0.4, -0.2) is 26.4 Å². The Labute approximate surface area is 310 Å². The average molecular weight is 695 g/mol. The molecule has 7 aromatic carbocycles. The van der Waals surface area contributed by atoms with Crippen molar-refractivity contribution in [1.29, 1.82) is 5.41 Å². The number of anilines is 1. The van der Waals surface area contributed by atoms with Gasteiger partial charge in [-0.05, 0) is 82.1 Å². The molecular formula is C47H30N6O. The maximum atomic E-state index is 9.15. The van der Waals surface area contributed by atoms with E-state index in [1.54, 1.807) is 0 Å². The number of benzene rings is 7. The van der Waals surface area contributed by atoms with Gasteiger partial charge in [0.05, 0.1) is 11.4 Å². The summed E-state index contributed by atoms with van der Waals surface area (Å²) in [6.45, 7) is 0. The topological polar surface area (TPSA) is 100 Å². The van der Waals surface area contributed by atoms with Crippen LogP contribution in [-0.2, 0) is 0 Å². The molecule has 7 nitrogen and oxygen atoms in total. The highest BCUT2D eigenvalue weighted by molar-refractivity contribution is 6.55. The zero-order chi connectivity index (χ0) is 36.0. The first-order valence-corrected chi connectivity index (χ1v) is 17.7. The summed E-state index contributed by atoms with van der Waals surface area (Å²) in [6.07, 6.45) is 3.89. The zero-order valence-corrected chi connectivity index (χ0v) is 28.9. The number of hydrogen-bond acceptors (Lipinski definition) is 7. The maximum Gasteiger partial charge on any atom is 0.164 e. The van der Waals surface area contributed by atoms with E-state index in [9.17, 15) is 0 Å². The van der Waals surface area contributed by atoms with Crippen molar-refractivity contribution < 1.29 is 4.42 Å². The minimum atomic E-state index is 0.361. The Morgan fingerprint density at radius 3 is 1.94 bits per heavy atom. The molecular weight excluding hydrogens is 665 g/mol. The van der Waals surface area contributed by atoms with Crippen molar-refractivity contribution in [3.8, 4) is 45.3 Å². The lowest BCUT2D eigenvalue weighted by Crippen LogP contribution is -2.18. The first-order chi connectivity index (χ1) is 26.6. The van der Waals surface area contributed by atoms with Crippen LogP contribution in [0.3, 0.4) is 0 Å². The predicted octanol–water partition coefficient (Wildman–Crippen LogP) is 11.5. The van der Waals surface area contributed by atoms with E-state index in [1.807, 2.05) is 109 Å². The number of fused-ring (bicyclic) bond motifs is 6. The molecule has 10 rings (SSSR count). The monoisotopic (exact) mass is 694 g/mol. The quantitative estimate of drug-likeness (QED) is 0.169. The van der Waals surface area contributed by atoms with Crippen LogP contribution >= 0.6 is 0 Å². The number of allylic oxidation sites excluding steroid dienone is 1. The molecule has 0 bridgehead atoms. The molecule has 0 spiro atoms. The minimum absolute atomic E-state index is 0.361. The standard InChI is InChI=1S/C47H30N6O/c48-44-40(53-52-36-14-5-2-6-15-36)24-21-30-18-19-32-27-34(20-23-37(32)43(30)44)46-49-45(33-13-9-12-31(26-33)29-10-3-1-4-11-29)50-47(51-46)35-22-25-42-39(28-35)38-16-7-8-17-41(38)54-42/h1-28,48,52H/b48-44?,53-40-. The summed E-state index contributed by atoms with van der Waals surface area (Å²) in [5, 5.41) is 17.7. The Morgan fingerprint density at radius 1 is 0.481 bits per heavy atom. The molecule has 2 N–H and O–H groups in total. The van der Waals surface area contributed by atoms with Gasteiger partial charge in [0.25, 0.3) is 0 Å². The second-order valence-corrected chi connectivity index (χ2v) is 13.2. The van der Waals surface area contributed by atoms with Crippen molar-refractivity contribution in [3.05, 3.63) is 175 Å². The Kier molecular flexibility index (Phi) is 7.47. The van der Waals surface area contributed by atoms with Crippen LogP contribution in [0.4, 0.5) is 5.69 Å². The molecule has 0 atom stereocenters. The Balaban J connectivity index is 1.09. The number of para-hydroxylation sites is 2. The third kappa shape index (κ3) is 5.61. The van der Waals surface area contributed by atoms with Crippen LogP contribution in [0.25, 0.3) is 84.1 Å². The zero-order valence-electron chi connectivity index (χ0n) is 28.9. The fraction of sp³-hybridized carbons (Fsp3) is 0. The summed E-state index contributed by atoms with van der Waals surface area (Å²) in [6, 6.07) is 52.8. The number of nitrogens with one attached hydrogen (secondary N) is 2. The van der Waals surface area contributed by atoms with Gasteiger partial charge in [-0.2, -0.15) is 5.10 Å². The van der Waals surface area contributed by atoms with E-state index in [0.717, 1.165) is 77.3 Å². The van der Waals surface area contributed by atoms with Crippen molar-refractivity contribution in [2.24, 2.45) is 5.10 Å².